The summed E-state index contributed by atoms with van der Waals surface area (Å²) in [5, 5.41) is 13.4. The van der Waals surface area contributed by atoms with Crippen LogP contribution in [0.3, 0.4) is 0 Å². The fourth-order valence-electron chi connectivity index (χ4n) is 1.51. The van der Waals surface area contributed by atoms with E-state index in [9.17, 15) is 14.9 Å². The average Bonchev–Trinajstić information content (AvgIpc) is 2.35. The number of rotatable bonds is 6. The summed E-state index contributed by atoms with van der Waals surface area (Å²) in [6.45, 7) is 1.80. The van der Waals surface area contributed by atoms with E-state index in [4.69, 9.17) is 5.73 Å². The van der Waals surface area contributed by atoms with Crippen molar-refractivity contribution in [3.05, 3.63) is 33.9 Å². The van der Waals surface area contributed by atoms with Crippen molar-refractivity contribution < 1.29 is 9.72 Å². The third-order valence-corrected chi connectivity index (χ3v) is 3.22. The minimum absolute atomic E-state index is 0.129. The molecule has 1 aromatic carbocycles. The molecule has 0 bridgehead atoms. The van der Waals surface area contributed by atoms with Crippen LogP contribution < -0.4 is 11.1 Å². The van der Waals surface area contributed by atoms with Gasteiger partial charge < -0.3 is 11.1 Å². The predicted octanol–water partition coefficient (Wildman–Crippen LogP) is 1.92. The lowest BCUT2D eigenvalue weighted by Crippen LogP contribution is -2.36. The molecule has 7 heteroatoms. The fraction of sp³-hybridized carbons (Fsp3) is 0.417. The van der Waals surface area contributed by atoms with E-state index in [0.29, 0.717) is 6.42 Å². The van der Waals surface area contributed by atoms with Gasteiger partial charge in [0.15, 0.2) is 0 Å². The highest BCUT2D eigenvalue weighted by atomic mass is 32.2. The molecule has 19 heavy (non-hydrogen) atoms. The van der Waals surface area contributed by atoms with Crippen LogP contribution >= 0.6 is 11.8 Å². The fourth-order valence-corrected chi connectivity index (χ4v) is 2.00. The number of benzene rings is 1. The molecule has 1 rings (SSSR count). The summed E-state index contributed by atoms with van der Waals surface area (Å²) < 4.78 is 0. The molecule has 0 heterocycles. The summed E-state index contributed by atoms with van der Waals surface area (Å²) in [7, 11) is 0. The van der Waals surface area contributed by atoms with Gasteiger partial charge in [0, 0.05) is 6.07 Å². The first-order chi connectivity index (χ1) is 8.95. The molecule has 104 valence electrons. The summed E-state index contributed by atoms with van der Waals surface area (Å²) in [5.74, 6) is 0.368. The molecular weight excluding hydrogens is 266 g/mol. The number of nitrogens with one attached hydrogen (secondary N) is 1. The van der Waals surface area contributed by atoms with Gasteiger partial charge >= 0.3 is 0 Å². The van der Waals surface area contributed by atoms with Crippen molar-refractivity contribution in [1.82, 2.24) is 0 Å². The number of aryl methyl sites for hydroxylation is 1. The zero-order valence-corrected chi connectivity index (χ0v) is 11.7. The van der Waals surface area contributed by atoms with E-state index in [1.807, 2.05) is 6.26 Å². The van der Waals surface area contributed by atoms with E-state index in [1.54, 1.807) is 30.8 Å². The second kappa shape index (κ2) is 7.10. The molecule has 6 nitrogen and oxygen atoms in total. The van der Waals surface area contributed by atoms with Gasteiger partial charge in [0.2, 0.25) is 5.91 Å². The maximum Gasteiger partial charge on any atom is 0.292 e. The van der Waals surface area contributed by atoms with Crippen LogP contribution in [0.4, 0.5) is 11.4 Å². The topological polar surface area (TPSA) is 98.3 Å². The smallest absolute Gasteiger partial charge is 0.292 e. The zero-order valence-electron chi connectivity index (χ0n) is 10.9. The number of hydrogen-bond donors (Lipinski definition) is 2. The third kappa shape index (κ3) is 4.53. The Morgan fingerprint density at radius 2 is 2.26 bits per heavy atom. The maximum absolute atomic E-state index is 11.8. The van der Waals surface area contributed by atoms with Crippen molar-refractivity contribution >= 4 is 29.0 Å². The van der Waals surface area contributed by atoms with E-state index < -0.39 is 16.9 Å². The maximum atomic E-state index is 11.8. The molecule has 0 unspecified atom stereocenters. The van der Waals surface area contributed by atoms with E-state index in [2.05, 4.69) is 5.32 Å². The molecule has 1 amide bonds. The van der Waals surface area contributed by atoms with Crippen LogP contribution in [-0.4, -0.2) is 28.9 Å². The highest BCUT2D eigenvalue weighted by molar-refractivity contribution is 7.98. The van der Waals surface area contributed by atoms with E-state index in [-0.39, 0.29) is 11.4 Å². The van der Waals surface area contributed by atoms with Gasteiger partial charge in [-0.2, -0.15) is 11.8 Å². The summed E-state index contributed by atoms with van der Waals surface area (Å²) in [6.07, 6.45) is 2.46. The minimum atomic E-state index is -0.660. The Hall–Kier alpha value is -1.60. The molecule has 0 saturated heterocycles. The highest BCUT2D eigenvalue weighted by Gasteiger charge is 2.19. The first-order valence-corrected chi connectivity index (χ1v) is 7.15. The number of nitro benzene ring substituents is 1. The van der Waals surface area contributed by atoms with E-state index >= 15 is 0 Å². The van der Waals surface area contributed by atoms with E-state index in [0.717, 1.165) is 11.3 Å². The molecule has 3 N–H and O–H groups in total. The number of amides is 1. The SMILES string of the molecule is CSCC[C@@H](N)C(=O)Nc1cc(C)ccc1[N+](=O)[O-]. The first-order valence-electron chi connectivity index (χ1n) is 5.76. The lowest BCUT2D eigenvalue weighted by atomic mass is 10.1. The van der Waals surface area contributed by atoms with Crippen LogP contribution in [0.1, 0.15) is 12.0 Å². The highest BCUT2D eigenvalue weighted by Crippen LogP contribution is 2.25. The van der Waals surface area contributed by atoms with Crippen molar-refractivity contribution in [2.45, 2.75) is 19.4 Å². The molecule has 0 aromatic heterocycles. The van der Waals surface area contributed by atoms with Crippen molar-refractivity contribution in [2.24, 2.45) is 5.73 Å². The Morgan fingerprint density at radius 3 is 2.84 bits per heavy atom. The molecule has 0 spiro atoms. The first kappa shape index (κ1) is 15.5. The monoisotopic (exact) mass is 283 g/mol. The molecular formula is C12H17N3O3S. The van der Waals surface area contributed by atoms with Gasteiger partial charge in [-0.1, -0.05) is 6.07 Å². The Labute approximate surface area is 115 Å². The Kier molecular flexibility index (Phi) is 5.78. The Morgan fingerprint density at radius 1 is 1.58 bits per heavy atom. The number of nitrogens with two attached hydrogens (primary N) is 1. The van der Waals surface area contributed by atoms with Gasteiger partial charge in [0.1, 0.15) is 5.69 Å². The van der Waals surface area contributed by atoms with Crippen LogP contribution in [-0.2, 0) is 4.79 Å². The third-order valence-electron chi connectivity index (χ3n) is 2.58. The van der Waals surface area contributed by atoms with Crippen molar-refractivity contribution in [2.75, 3.05) is 17.3 Å². The number of carbonyl (C=O) groups is 1. The Balaban J connectivity index is 2.83. The molecule has 1 aromatic rings. The van der Waals surface area contributed by atoms with Gasteiger partial charge in [-0.05, 0) is 37.0 Å². The lowest BCUT2D eigenvalue weighted by Gasteiger charge is -2.12. The minimum Gasteiger partial charge on any atom is -0.320 e. The number of nitrogens with zero attached hydrogens (tertiary/aromatic N) is 1. The largest absolute Gasteiger partial charge is 0.320 e. The summed E-state index contributed by atoms with van der Waals surface area (Å²) >= 11 is 1.60. The van der Waals surface area contributed by atoms with Crippen molar-refractivity contribution in [3.63, 3.8) is 0 Å². The average molecular weight is 283 g/mol. The molecule has 0 aliphatic rings. The standard InChI is InChI=1S/C12H17N3O3S/c1-8-3-4-11(15(17)18)10(7-8)14-12(16)9(13)5-6-19-2/h3-4,7,9H,5-6,13H2,1-2H3,(H,14,16)/t9-/m1/s1. The number of carbonyl (C=O) groups excluding carboxylic acids is 1. The second-order valence-electron chi connectivity index (χ2n) is 4.15. The number of thioether (sulfide) groups is 1. The van der Waals surface area contributed by atoms with Gasteiger partial charge in [-0.3, -0.25) is 14.9 Å². The molecule has 0 radical (unpaired) electrons. The van der Waals surface area contributed by atoms with Crippen LogP contribution in [0.2, 0.25) is 0 Å². The molecule has 0 saturated carbocycles. The lowest BCUT2D eigenvalue weighted by molar-refractivity contribution is -0.383. The summed E-state index contributed by atoms with van der Waals surface area (Å²) in [5.41, 5.74) is 6.61. The van der Waals surface area contributed by atoms with Crippen LogP contribution in [0.15, 0.2) is 18.2 Å². The number of nitro groups is 1. The molecule has 0 fully saturated rings. The number of hydrogen-bond acceptors (Lipinski definition) is 5. The summed E-state index contributed by atoms with van der Waals surface area (Å²) in [4.78, 5) is 22.2. The molecule has 1 atom stereocenters. The summed E-state index contributed by atoms with van der Waals surface area (Å²) in [6, 6.07) is 3.91. The zero-order chi connectivity index (χ0) is 14.4. The van der Waals surface area contributed by atoms with Crippen molar-refractivity contribution in [1.29, 1.82) is 0 Å². The van der Waals surface area contributed by atoms with Gasteiger partial charge in [-0.15, -0.1) is 0 Å². The number of anilines is 1. The Bertz CT molecular complexity index is 479. The van der Waals surface area contributed by atoms with E-state index in [1.165, 1.54) is 6.07 Å². The van der Waals surface area contributed by atoms with Crippen LogP contribution in [0.25, 0.3) is 0 Å². The second-order valence-corrected chi connectivity index (χ2v) is 5.14. The van der Waals surface area contributed by atoms with Gasteiger partial charge in [-0.25, -0.2) is 0 Å². The normalized spacial score (nSPS) is 11.9. The molecule has 0 aliphatic heterocycles. The van der Waals surface area contributed by atoms with Crippen LogP contribution in [0.5, 0.6) is 0 Å². The van der Waals surface area contributed by atoms with Gasteiger partial charge in [0.25, 0.3) is 5.69 Å². The molecule has 0 aliphatic carbocycles. The quantitative estimate of drug-likeness (QED) is 0.614. The predicted molar refractivity (Wildman–Crippen MR) is 77.4 cm³/mol. The van der Waals surface area contributed by atoms with Crippen molar-refractivity contribution in [3.8, 4) is 0 Å². The van der Waals surface area contributed by atoms with Crippen LogP contribution in [0, 0.1) is 17.0 Å². The van der Waals surface area contributed by atoms with Gasteiger partial charge in [0.05, 0.1) is 11.0 Å².